The van der Waals surface area contributed by atoms with Gasteiger partial charge < -0.3 is 14.2 Å². The number of carbonyl (C=O) groups excluding carboxylic acids is 2. The predicted molar refractivity (Wildman–Crippen MR) is 135 cm³/mol. The first kappa shape index (κ1) is 27.7. The third-order valence-electron chi connectivity index (χ3n) is 6.67. The average Bonchev–Trinajstić information content (AvgIpc) is 2.80. The van der Waals surface area contributed by atoms with E-state index >= 15 is 0 Å². The molecule has 2 aromatic carbocycles. The molecule has 2 aromatic rings. The van der Waals surface area contributed by atoms with E-state index < -0.39 is 33.9 Å². The van der Waals surface area contributed by atoms with Crippen LogP contribution in [-0.4, -0.2) is 38.6 Å². The van der Waals surface area contributed by atoms with Crippen LogP contribution in [0.3, 0.4) is 0 Å². The van der Waals surface area contributed by atoms with Crippen LogP contribution in [0.2, 0.25) is 0 Å². The third-order valence-corrected chi connectivity index (χ3v) is 8.54. The van der Waals surface area contributed by atoms with Gasteiger partial charge >= 0.3 is 11.9 Å². The normalized spacial score (nSPS) is 16.3. The topological polar surface area (TPSA) is 108 Å². The highest BCUT2D eigenvalue weighted by molar-refractivity contribution is 7.89. The average molecular weight is 518 g/mol. The molecule has 1 aliphatic rings. The summed E-state index contributed by atoms with van der Waals surface area (Å²) in [6.07, 6.45) is 0.867. The zero-order chi connectivity index (χ0) is 26.9. The first-order valence-corrected chi connectivity index (χ1v) is 13.3. The molecule has 1 aliphatic heterocycles. The molecule has 3 rings (SSSR count). The number of methoxy groups -OCH3 is 1. The maximum absolute atomic E-state index is 13.7. The fourth-order valence-corrected chi connectivity index (χ4v) is 6.48. The summed E-state index contributed by atoms with van der Waals surface area (Å²) < 4.78 is 46.3. The van der Waals surface area contributed by atoms with Crippen LogP contribution in [0.25, 0.3) is 0 Å². The van der Waals surface area contributed by atoms with Gasteiger partial charge in [0.15, 0.2) is 0 Å². The molecule has 8 nitrogen and oxygen atoms in total. The van der Waals surface area contributed by atoms with Crippen molar-refractivity contribution in [2.45, 2.75) is 83.4 Å². The molecule has 1 heterocycles. The highest BCUT2D eigenvalue weighted by atomic mass is 32.2. The van der Waals surface area contributed by atoms with Gasteiger partial charge in [-0.1, -0.05) is 30.3 Å². The van der Waals surface area contributed by atoms with Crippen LogP contribution in [-0.2, 0) is 42.1 Å². The Bertz CT molecular complexity index is 1270. The SMILES string of the molecule is COC(=O)[C@](C)(CC(=O)OCc1ccccc1)NS(=O)(=O)c1c(C)c(C)c2c(c1C)CCC(C)(C)O2. The highest BCUT2D eigenvalue weighted by Gasteiger charge is 2.43. The lowest BCUT2D eigenvalue weighted by molar-refractivity contribution is -0.155. The molecule has 0 aromatic heterocycles. The number of fused-ring (bicyclic) bond motifs is 1. The maximum Gasteiger partial charge on any atom is 0.327 e. The molecule has 0 fully saturated rings. The van der Waals surface area contributed by atoms with Gasteiger partial charge in [-0.25, -0.2) is 8.42 Å². The first-order chi connectivity index (χ1) is 16.7. The quantitative estimate of drug-likeness (QED) is 0.526. The Morgan fingerprint density at radius 3 is 2.33 bits per heavy atom. The van der Waals surface area contributed by atoms with E-state index in [0.717, 1.165) is 30.2 Å². The van der Waals surface area contributed by atoms with E-state index in [-0.39, 0.29) is 17.1 Å². The number of benzene rings is 2. The summed E-state index contributed by atoms with van der Waals surface area (Å²) in [5.74, 6) is -0.918. The molecule has 0 saturated heterocycles. The third kappa shape index (κ3) is 5.73. The van der Waals surface area contributed by atoms with E-state index in [1.165, 1.54) is 6.92 Å². The monoisotopic (exact) mass is 517 g/mol. The summed E-state index contributed by atoms with van der Waals surface area (Å²) in [6, 6.07) is 9.06. The Morgan fingerprint density at radius 2 is 1.72 bits per heavy atom. The van der Waals surface area contributed by atoms with Gasteiger partial charge in [0.25, 0.3) is 0 Å². The van der Waals surface area contributed by atoms with Crippen molar-refractivity contribution in [3.05, 3.63) is 58.1 Å². The molecule has 1 atom stereocenters. The second-order valence-corrected chi connectivity index (χ2v) is 11.7. The zero-order valence-electron chi connectivity index (χ0n) is 22.0. The number of sulfonamides is 1. The van der Waals surface area contributed by atoms with E-state index in [9.17, 15) is 18.0 Å². The molecule has 196 valence electrons. The van der Waals surface area contributed by atoms with Gasteiger partial charge in [-0.3, -0.25) is 9.59 Å². The summed E-state index contributed by atoms with van der Waals surface area (Å²) in [7, 11) is -3.10. The highest BCUT2D eigenvalue weighted by Crippen LogP contribution is 2.42. The lowest BCUT2D eigenvalue weighted by Gasteiger charge is -2.36. The van der Waals surface area contributed by atoms with Crippen molar-refractivity contribution in [1.29, 1.82) is 0 Å². The molecule has 0 amide bonds. The van der Waals surface area contributed by atoms with Crippen molar-refractivity contribution >= 4 is 22.0 Å². The molecule has 1 N–H and O–H groups in total. The minimum Gasteiger partial charge on any atom is -0.487 e. The number of rotatable bonds is 8. The molecular formula is C27H35NO7S. The Hall–Kier alpha value is -2.91. The van der Waals surface area contributed by atoms with Crippen LogP contribution in [0.4, 0.5) is 0 Å². The fraction of sp³-hybridized carbons (Fsp3) is 0.481. The van der Waals surface area contributed by atoms with E-state index in [1.807, 2.05) is 39.0 Å². The first-order valence-electron chi connectivity index (χ1n) is 11.8. The Kier molecular flexibility index (Phi) is 7.86. The molecule has 0 radical (unpaired) electrons. The summed E-state index contributed by atoms with van der Waals surface area (Å²) in [4.78, 5) is 25.4. The molecular weight excluding hydrogens is 482 g/mol. The zero-order valence-corrected chi connectivity index (χ0v) is 22.8. The van der Waals surface area contributed by atoms with Crippen molar-refractivity contribution in [3.8, 4) is 5.75 Å². The predicted octanol–water partition coefficient (Wildman–Crippen LogP) is 4.06. The largest absolute Gasteiger partial charge is 0.487 e. The van der Waals surface area contributed by atoms with E-state index in [0.29, 0.717) is 23.3 Å². The lowest BCUT2D eigenvalue weighted by atomic mass is 9.88. The fourth-order valence-electron chi connectivity index (χ4n) is 4.55. The van der Waals surface area contributed by atoms with E-state index in [2.05, 4.69) is 4.72 Å². The van der Waals surface area contributed by atoms with Crippen LogP contribution in [0.1, 0.15) is 61.4 Å². The number of hydrogen-bond donors (Lipinski definition) is 1. The Morgan fingerprint density at radius 1 is 1.08 bits per heavy atom. The molecule has 9 heteroatoms. The van der Waals surface area contributed by atoms with Gasteiger partial charge in [0.2, 0.25) is 10.0 Å². The number of carbonyl (C=O) groups is 2. The van der Waals surface area contributed by atoms with Crippen LogP contribution in [0.15, 0.2) is 35.2 Å². The molecule has 0 spiro atoms. The van der Waals surface area contributed by atoms with Crippen molar-refractivity contribution in [1.82, 2.24) is 4.72 Å². The number of ether oxygens (including phenoxy) is 3. The van der Waals surface area contributed by atoms with Crippen LogP contribution in [0, 0.1) is 20.8 Å². The minimum absolute atomic E-state index is 0.00224. The van der Waals surface area contributed by atoms with Gasteiger partial charge in [0.05, 0.1) is 18.4 Å². The van der Waals surface area contributed by atoms with Gasteiger partial charge in [-0.15, -0.1) is 0 Å². The summed E-state index contributed by atoms with van der Waals surface area (Å²) >= 11 is 0. The minimum atomic E-state index is -4.25. The van der Waals surface area contributed by atoms with Gasteiger partial charge in [0, 0.05) is 0 Å². The van der Waals surface area contributed by atoms with Crippen LogP contribution in [0.5, 0.6) is 5.75 Å². The van der Waals surface area contributed by atoms with Crippen LogP contribution < -0.4 is 9.46 Å². The maximum atomic E-state index is 13.7. The van der Waals surface area contributed by atoms with E-state index in [4.69, 9.17) is 14.2 Å². The number of hydrogen-bond acceptors (Lipinski definition) is 7. The Balaban J connectivity index is 1.93. The molecule has 0 aliphatic carbocycles. The summed E-state index contributed by atoms with van der Waals surface area (Å²) in [6.45, 7) is 10.6. The van der Waals surface area contributed by atoms with Crippen molar-refractivity contribution in [2.24, 2.45) is 0 Å². The summed E-state index contributed by atoms with van der Waals surface area (Å²) in [5.41, 5.74) is 1.20. The molecule has 0 unspecified atom stereocenters. The van der Waals surface area contributed by atoms with Crippen molar-refractivity contribution < 1.29 is 32.2 Å². The lowest BCUT2D eigenvalue weighted by Crippen LogP contribution is -2.54. The Labute approximate surface area is 213 Å². The second-order valence-electron chi connectivity index (χ2n) is 10.1. The van der Waals surface area contributed by atoms with Gasteiger partial charge in [0.1, 0.15) is 23.5 Å². The molecule has 0 bridgehead atoms. The van der Waals surface area contributed by atoms with Gasteiger partial charge in [-0.2, -0.15) is 4.72 Å². The van der Waals surface area contributed by atoms with Crippen LogP contribution >= 0.6 is 0 Å². The smallest absolute Gasteiger partial charge is 0.327 e. The standard InChI is InChI=1S/C27H35NO7S/c1-17-18(2)24(19(3)21-13-14-26(4,5)35-23(17)21)36(31,32)28-27(6,25(30)33-7)15-22(29)34-16-20-11-9-8-10-12-20/h8-12,28H,13-16H2,1-7H3/t27-/m0/s1. The second kappa shape index (κ2) is 10.2. The van der Waals surface area contributed by atoms with Crippen molar-refractivity contribution in [2.75, 3.05) is 7.11 Å². The van der Waals surface area contributed by atoms with Gasteiger partial charge in [-0.05, 0) is 82.2 Å². The molecule has 36 heavy (non-hydrogen) atoms. The van der Waals surface area contributed by atoms with Crippen molar-refractivity contribution in [3.63, 3.8) is 0 Å². The number of nitrogens with one attached hydrogen (secondary N) is 1. The molecule has 0 saturated carbocycles. The summed E-state index contributed by atoms with van der Waals surface area (Å²) in [5, 5.41) is 0. The number of esters is 2. The van der Waals surface area contributed by atoms with E-state index in [1.54, 1.807) is 26.0 Å².